The van der Waals surface area contributed by atoms with Gasteiger partial charge in [-0.1, -0.05) is 13.3 Å². The number of thiazole rings is 1. The Morgan fingerprint density at radius 2 is 2.12 bits per heavy atom. The lowest BCUT2D eigenvalue weighted by molar-refractivity contribution is -0.123. The standard InChI is InChI=1S/C25H35N5O2S/c1-4-18-21(16(3)31)15(2)28-22(18)19-14-33-24(29-19)30-9-8-26-13-20(30)23(32)27-12-17-10-25(11-17)6-5-7-25/h14,17,20,26,28H,4-13H2,1-3H3,(H,27,32). The summed E-state index contributed by atoms with van der Waals surface area (Å²) in [4.78, 5) is 35.7. The second-order valence-corrected chi connectivity index (χ2v) is 11.0. The van der Waals surface area contributed by atoms with Crippen molar-refractivity contribution in [2.75, 3.05) is 31.1 Å². The first-order valence-corrected chi connectivity index (χ1v) is 13.2. The minimum Gasteiger partial charge on any atom is -0.356 e. The van der Waals surface area contributed by atoms with Crippen molar-refractivity contribution in [3.05, 3.63) is 22.2 Å². The van der Waals surface area contributed by atoms with E-state index in [0.29, 0.717) is 17.9 Å². The Bertz CT molecular complexity index is 1050. The van der Waals surface area contributed by atoms with E-state index in [0.717, 1.165) is 59.4 Å². The average Bonchev–Trinajstić information content (AvgIpc) is 3.35. The van der Waals surface area contributed by atoms with Gasteiger partial charge in [0.25, 0.3) is 0 Å². The molecule has 2 aromatic rings. The van der Waals surface area contributed by atoms with Crippen LogP contribution in [-0.4, -0.2) is 53.9 Å². The van der Waals surface area contributed by atoms with Gasteiger partial charge in [0, 0.05) is 42.8 Å². The van der Waals surface area contributed by atoms with E-state index in [4.69, 9.17) is 4.98 Å². The molecule has 3 heterocycles. The third kappa shape index (κ3) is 4.12. The van der Waals surface area contributed by atoms with Gasteiger partial charge in [-0.3, -0.25) is 9.59 Å². The molecule has 8 heteroatoms. The highest BCUT2D eigenvalue weighted by Crippen LogP contribution is 2.58. The number of aromatic nitrogens is 2. The average molecular weight is 470 g/mol. The van der Waals surface area contributed by atoms with Gasteiger partial charge in [0.05, 0.1) is 5.69 Å². The van der Waals surface area contributed by atoms with Gasteiger partial charge >= 0.3 is 0 Å². The predicted molar refractivity (Wildman–Crippen MR) is 132 cm³/mol. The number of nitrogens with zero attached hydrogens (tertiary/aromatic N) is 2. The summed E-state index contributed by atoms with van der Waals surface area (Å²) in [6.07, 6.45) is 7.49. The molecule has 2 aliphatic carbocycles. The summed E-state index contributed by atoms with van der Waals surface area (Å²) >= 11 is 1.57. The zero-order valence-corrected chi connectivity index (χ0v) is 20.7. The minimum absolute atomic E-state index is 0.0795. The van der Waals surface area contributed by atoms with Gasteiger partial charge < -0.3 is 20.5 Å². The van der Waals surface area contributed by atoms with Crippen LogP contribution in [0.25, 0.3) is 11.4 Å². The minimum atomic E-state index is -0.251. The maximum atomic E-state index is 13.1. The summed E-state index contributed by atoms with van der Waals surface area (Å²) in [5, 5.41) is 9.50. The van der Waals surface area contributed by atoms with Crippen molar-refractivity contribution in [2.45, 2.75) is 65.3 Å². The molecule has 1 spiro atoms. The number of hydrogen-bond acceptors (Lipinski definition) is 6. The Morgan fingerprint density at radius 1 is 1.33 bits per heavy atom. The highest BCUT2D eigenvalue weighted by Gasteiger charge is 2.47. The Morgan fingerprint density at radius 3 is 2.79 bits per heavy atom. The molecule has 7 nitrogen and oxygen atoms in total. The van der Waals surface area contributed by atoms with Gasteiger partial charge in [0.15, 0.2) is 10.9 Å². The molecule has 3 aliphatic rings. The number of hydrogen-bond donors (Lipinski definition) is 3. The molecule has 0 aromatic carbocycles. The molecule has 5 rings (SSSR count). The predicted octanol–water partition coefficient (Wildman–Crippen LogP) is 3.69. The lowest BCUT2D eigenvalue weighted by Crippen LogP contribution is -2.59. The lowest BCUT2D eigenvalue weighted by Gasteiger charge is -2.54. The van der Waals surface area contributed by atoms with Crippen LogP contribution in [-0.2, 0) is 11.2 Å². The number of nitrogens with one attached hydrogen (secondary N) is 3. The van der Waals surface area contributed by atoms with Crippen molar-refractivity contribution in [1.29, 1.82) is 0 Å². The normalized spacial score (nSPS) is 22.2. The molecule has 0 bridgehead atoms. The summed E-state index contributed by atoms with van der Waals surface area (Å²) in [6.45, 7) is 8.64. The van der Waals surface area contributed by atoms with E-state index in [1.807, 2.05) is 12.3 Å². The molecule has 3 N–H and O–H groups in total. The number of Topliss-reactive ketones (excluding diaryl/α,β-unsaturated/α-hetero) is 1. The molecule has 2 aromatic heterocycles. The SMILES string of the molecule is CCc1c(-c2csc(N3CCNCC3C(=O)NCC3CC4(CCC4)C3)n2)[nH]c(C)c1C(C)=O. The molecule has 2 saturated carbocycles. The van der Waals surface area contributed by atoms with Gasteiger partial charge in [0.2, 0.25) is 5.91 Å². The molecule has 1 saturated heterocycles. The van der Waals surface area contributed by atoms with Crippen molar-refractivity contribution in [3.8, 4) is 11.4 Å². The maximum absolute atomic E-state index is 13.1. The van der Waals surface area contributed by atoms with Crippen LogP contribution >= 0.6 is 11.3 Å². The lowest BCUT2D eigenvalue weighted by atomic mass is 9.52. The number of amides is 1. The first-order chi connectivity index (χ1) is 15.9. The number of H-pyrrole nitrogens is 1. The third-order valence-electron chi connectivity index (χ3n) is 7.96. The molecular weight excluding hydrogens is 434 g/mol. The van der Waals surface area contributed by atoms with Crippen molar-refractivity contribution in [1.82, 2.24) is 20.6 Å². The Hall–Kier alpha value is -2.19. The number of ketones is 1. The van der Waals surface area contributed by atoms with E-state index in [1.165, 1.54) is 32.1 Å². The molecule has 178 valence electrons. The van der Waals surface area contributed by atoms with Crippen molar-refractivity contribution < 1.29 is 9.59 Å². The van der Waals surface area contributed by atoms with Crippen LogP contribution < -0.4 is 15.5 Å². The Kier molecular flexibility index (Phi) is 6.07. The molecule has 33 heavy (non-hydrogen) atoms. The van der Waals surface area contributed by atoms with Crippen LogP contribution in [0.2, 0.25) is 0 Å². The molecule has 1 unspecified atom stereocenters. The van der Waals surface area contributed by atoms with Gasteiger partial charge in [-0.25, -0.2) is 4.98 Å². The van der Waals surface area contributed by atoms with Crippen LogP contribution in [0, 0.1) is 18.3 Å². The van der Waals surface area contributed by atoms with Crippen LogP contribution in [0.5, 0.6) is 0 Å². The van der Waals surface area contributed by atoms with Gasteiger partial charge in [0.1, 0.15) is 11.7 Å². The van der Waals surface area contributed by atoms with Crippen LogP contribution in [0.1, 0.15) is 67.6 Å². The molecule has 1 amide bonds. The smallest absolute Gasteiger partial charge is 0.244 e. The molecule has 1 atom stereocenters. The topological polar surface area (TPSA) is 90.1 Å². The molecule has 1 aliphatic heterocycles. The zero-order chi connectivity index (χ0) is 23.2. The number of carbonyl (C=O) groups is 2. The summed E-state index contributed by atoms with van der Waals surface area (Å²) in [5.41, 5.74) is 5.11. The largest absolute Gasteiger partial charge is 0.356 e. The third-order valence-corrected chi connectivity index (χ3v) is 8.84. The molecular formula is C25H35N5O2S. The van der Waals surface area contributed by atoms with Crippen molar-refractivity contribution in [3.63, 3.8) is 0 Å². The second-order valence-electron chi connectivity index (χ2n) is 10.2. The number of carbonyl (C=O) groups excluding carboxylic acids is 2. The van der Waals surface area contributed by atoms with E-state index in [9.17, 15) is 9.59 Å². The quantitative estimate of drug-likeness (QED) is 0.538. The second kappa shape index (κ2) is 8.87. The Balaban J connectivity index is 1.29. The maximum Gasteiger partial charge on any atom is 0.244 e. The number of anilines is 1. The van der Waals surface area contributed by atoms with Crippen LogP contribution in [0.15, 0.2) is 5.38 Å². The van der Waals surface area contributed by atoms with Crippen molar-refractivity contribution >= 4 is 28.2 Å². The number of aryl methyl sites for hydroxylation is 1. The van der Waals surface area contributed by atoms with Gasteiger partial charge in [-0.15, -0.1) is 11.3 Å². The monoisotopic (exact) mass is 469 g/mol. The summed E-state index contributed by atoms with van der Waals surface area (Å²) in [7, 11) is 0. The number of piperazine rings is 1. The van der Waals surface area contributed by atoms with E-state index in [2.05, 4.69) is 27.4 Å². The summed E-state index contributed by atoms with van der Waals surface area (Å²) in [6, 6.07) is -0.251. The summed E-state index contributed by atoms with van der Waals surface area (Å²) in [5.74, 6) is 0.818. The molecule has 0 radical (unpaired) electrons. The van der Waals surface area contributed by atoms with E-state index in [1.54, 1.807) is 18.3 Å². The first kappa shape index (κ1) is 22.6. The van der Waals surface area contributed by atoms with E-state index >= 15 is 0 Å². The fourth-order valence-corrected chi connectivity index (χ4v) is 7.05. The molecule has 3 fully saturated rings. The highest BCUT2D eigenvalue weighted by atomic mass is 32.1. The van der Waals surface area contributed by atoms with Crippen molar-refractivity contribution in [2.24, 2.45) is 11.3 Å². The fourth-order valence-electron chi connectivity index (χ4n) is 6.16. The number of aromatic amines is 1. The number of rotatable bonds is 7. The fraction of sp³-hybridized carbons (Fsp3) is 0.640. The van der Waals surface area contributed by atoms with Gasteiger partial charge in [-0.05, 0) is 62.8 Å². The first-order valence-electron chi connectivity index (χ1n) is 12.3. The highest BCUT2D eigenvalue weighted by molar-refractivity contribution is 7.14. The van der Waals surface area contributed by atoms with E-state index in [-0.39, 0.29) is 17.7 Å². The van der Waals surface area contributed by atoms with Crippen LogP contribution in [0.3, 0.4) is 0 Å². The zero-order valence-electron chi connectivity index (χ0n) is 19.9. The van der Waals surface area contributed by atoms with Crippen LogP contribution in [0.4, 0.5) is 5.13 Å². The van der Waals surface area contributed by atoms with E-state index < -0.39 is 0 Å². The Labute approximate surface area is 199 Å². The van der Waals surface area contributed by atoms with Gasteiger partial charge in [-0.2, -0.15) is 0 Å². The summed E-state index contributed by atoms with van der Waals surface area (Å²) < 4.78 is 0.